The molecule has 0 bridgehead atoms. The van der Waals surface area contributed by atoms with Crippen LogP contribution in [0.2, 0.25) is 0 Å². The molecule has 2 fully saturated rings. The van der Waals surface area contributed by atoms with E-state index in [2.05, 4.69) is 21.9 Å². The molecule has 2 aliphatic rings. The van der Waals surface area contributed by atoms with Crippen molar-refractivity contribution in [2.45, 2.75) is 12.6 Å². The molecular formula is C24H28FN7O2. The largest absolute Gasteiger partial charge is 0.387 e. The predicted molar refractivity (Wildman–Crippen MR) is 130 cm³/mol. The molecule has 0 spiro atoms. The second-order valence-electron chi connectivity index (χ2n) is 8.62. The van der Waals surface area contributed by atoms with Crippen LogP contribution in [0.15, 0.2) is 49.3 Å². The summed E-state index contributed by atoms with van der Waals surface area (Å²) in [5, 5.41) is 16.7. The van der Waals surface area contributed by atoms with Crippen LogP contribution < -0.4 is 15.1 Å². The minimum atomic E-state index is -0.811. The Hall–Kier alpha value is -3.66. The van der Waals surface area contributed by atoms with Crippen LogP contribution in [-0.4, -0.2) is 82.6 Å². The van der Waals surface area contributed by atoms with Gasteiger partial charge in [-0.25, -0.2) is 13.9 Å². The molecule has 10 heteroatoms. The van der Waals surface area contributed by atoms with E-state index in [0.29, 0.717) is 43.9 Å². The van der Waals surface area contributed by atoms with E-state index in [1.54, 1.807) is 15.6 Å². The third-order valence-electron chi connectivity index (χ3n) is 6.43. The number of benzene rings is 1. The van der Waals surface area contributed by atoms with E-state index in [0.717, 1.165) is 35.8 Å². The predicted octanol–water partition coefficient (Wildman–Crippen LogP) is 2.00. The molecule has 0 radical (unpaired) electrons. The van der Waals surface area contributed by atoms with Crippen molar-refractivity contribution in [1.82, 2.24) is 19.5 Å². The number of piperazine rings is 1. The Kier molecular flexibility index (Phi) is 6.06. The van der Waals surface area contributed by atoms with Gasteiger partial charge in [0.2, 0.25) is 5.91 Å². The molecule has 4 heterocycles. The summed E-state index contributed by atoms with van der Waals surface area (Å²) in [6.45, 7) is 7.41. The summed E-state index contributed by atoms with van der Waals surface area (Å²) in [6, 6.07) is 9.90. The van der Waals surface area contributed by atoms with E-state index < -0.39 is 12.8 Å². The lowest BCUT2D eigenvalue weighted by Crippen LogP contribution is -2.49. The number of aliphatic hydroxyl groups excluding tert-OH is 1. The molecule has 2 aliphatic heterocycles. The number of nitrogens with one attached hydrogen (secondary N) is 1. The molecule has 5 rings (SSSR count). The van der Waals surface area contributed by atoms with Crippen LogP contribution in [0.25, 0.3) is 11.3 Å². The Bertz CT molecular complexity index is 1190. The molecule has 0 aliphatic carbocycles. The summed E-state index contributed by atoms with van der Waals surface area (Å²) in [5.41, 5.74) is 4.09. The van der Waals surface area contributed by atoms with Crippen molar-refractivity contribution in [2.24, 2.45) is 0 Å². The zero-order valence-electron chi connectivity index (χ0n) is 18.9. The van der Waals surface area contributed by atoms with Gasteiger partial charge >= 0.3 is 0 Å². The summed E-state index contributed by atoms with van der Waals surface area (Å²) < 4.78 is 15.3. The maximum Gasteiger partial charge on any atom is 0.248 e. The van der Waals surface area contributed by atoms with Crippen LogP contribution in [0, 0.1) is 0 Å². The summed E-state index contributed by atoms with van der Waals surface area (Å²) in [5.74, 6) is 0.520. The number of alkyl halides is 1. The Labute approximate surface area is 197 Å². The van der Waals surface area contributed by atoms with Crippen LogP contribution in [0.3, 0.4) is 0 Å². The molecule has 1 unspecified atom stereocenters. The summed E-state index contributed by atoms with van der Waals surface area (Å²) in [7, 11) is 0. The highest BCUT2D eigenvalue weighted by atomic mass is 19.1. The zero-order valence-corrected chi connectivity index (χ0v) is 18.9. The fraction of sp³-hybridized carbons (Fsp3) is 0.375. The maximum atomic E-state index is 13.6. The van der Waals surface area contributed by atoms with E-state index in [-0.39, 0.29) is 5.91 Å². The molecule has 2 N–H and O–H groups in total. The first kappa shape index (κ1) is 22.1. The molecule has 1 atom stereocenters. The number of amides is 1. The Balaban J connectivity index is 1.25. The molecule has 2 saturated heterocycles. The fourth-order valence-corrected chi connectivity index (χ4v) is 4.49. The first-order chi connectivity index (χ1) is 16.5. The second kappa shape index (κ2) is 9.30. The molecule has 2 aromatic heterocycles. The molecule has 34 heavy (non-hydrogen) atoms. The number of carbonyl (C=O) groups is 1. The number of hydrogen-bond acceptors (Lipinski definition) is 7. The van der Waals surface area contributed by atoms with Crippen molar-refractivity contribution in [2.75, 3.05) is 61.0 Å². The van der Waals surface area contributed by atoms with Gasteiger partial charge in [0, 0.05) is 56.0 Å². The fourth-order valence-electron chi connectivity index (χ4n) is 4.49. The lowest BCUT2D eigenvalue weighted by atomic mass is 10.2. The minimum Gasteiger partial charge on any atom is -0.387 e. The van der Waals surface area contributed by atoms with Gasteiger partial charge in [-0.05, 0) is 36.8 Å². The average Bonchev–Trinajstić information content (AvgIpc) is 3.50. The van der Waals surface area contributed by atoms with E-state index in [9.17, 15) is 9.18 Å². The first-order valence-corrected chi connectivity index (χ1v) is 11.4. The van der Waals surface area contributed by atoms with Crippen molar-refractivity contribution in [1.29, 1.82) is 0 Å². The smallest absolute Gasteiger partial charge is 0.248 e. The molecular weight excluding hydrogens is 437 g/mol. The summed E-state index contributed by atoms with van der Waals surface area (Å²) in [4.78, 5) is 22.2. The number of aromatic nitrogens is 3. The number of rotatable bonds is 6. The highest BCUT2D eigenvalue weighted by Crippen LogP contribution is 2.26. The highest BCUT2D eigenvalue weighted by Gasteiger charge is 2.24. The van der Waals surface area contributed by atoms with Gasteiger partial charge in [0.15, 0.2) is 5.65 Å². The van der Waals surface area contributed by atoms with Crippen LogP contribution in [0.1, 0.15) is 12.0 Å². The van der Waals surface area contributed by atoms with Crippen LogP contribution >= 0.6 is 0 Å². The normalized spacial score (nSPS) is 18.5. The second-order valence-corrected chi connectivity index (χ2v) is 8.62. The van der Waals surface area contributed by atoms with Crippen LogP contribution in [0.5, 0.6) is 0 Å². The number of anilines is 3. The van der Waals surface area contributed by atoms with Crippen molar-refractivity contribution >= 4 is 34.4 Å². The Morgan fingerprint density at radius 1 is 1.12 bits per heavy atom. The van der Waals surface area contributed by atoms with Gasteiger partial charge in [-0.1, -0.05) is 6.58 Å². The van der Waals surface area contributed by atoms with Crippen LogP contribution in [0.4, 0.5) is 21.6 Å². The number of halogens is 1. The lowest BCUT2D eigenvalue weighted by Gasteiger charge is -2.36. The average molecular weight is 466 g/mol. The quantitative estimate of drug-likeness (QED) is 0.576. The number of fused-ring (bicyclic) bond motifs is 1. The van der Waals surface area contributed by atoms with E-state index >= 15 is 0 Å². The van der Waals surface area contributed by atoms with Gasteiger partial charge < -0.3 is 25.1 Å². The van der Waals surface area contributed by atoms with Gasteiger partial charge in [-0.3, -0.25) is 4.79 Å². The maximum absolute atomic E-state index is 13.6. The number of carbonyl (C=O) groups excluding carboxylic acids is 1. The minimum absolute atomic E-state index is 0.223. The van der Waals surface area contributed by atoms with Gasteiger partial charge in [0.25, 0.3) is 0 Å². The van der Waals surface area contributed by atoms with Crippen molar-refractivity contribution < 1.29 is 14.3 Å². The van der Waals surface area contributed by atoms with Crippen molar-refractivity contribution in [3.05, 3.63) is 54.9 Å². The standard InChI is InChI=1S/C24H28FN7O2/c1-17(21-14-26-32-9-7-22(28-24(21)32)31-8-6-18(25)15-31)27-19-2-4-20(5-3-19)29-10-12-30(13-11-29)23(34)16-33/h2-5,7,9,14,18,27,33H,1,6,8,10-13,15-16H2. The molecule has 9 nitrogen and oxygen atoms in total. The Morgan fingerprint density at radius 2 is 1.88 bits per heavy atom. The van der Waals surface area contributed by atoms with Crippen molar-refractivity contribution in [3.63, 3.8) is 0 Å². The zero-order chi connectivity index (χ0) is 23.7. The summed E-state index contributed by atoms with van der Waals surface area (Å²) in [6.07, 6.45) is 3.28. The van der Waals surface area contributed by atoms with Crippen molar-refractivity contribution in [3.8, 4) is 0 Å². The lowest BCUT2D eigenvalue weighted by molar-refractivity contribution is -0.134. The van der Waals surface area contributed by atoms with Gasteiger partial charge in [0.1, 0.15) is 18.6 Å². The molecule has 0 saturated carbocycles. The van der Waals surface area contributed by atoms with Gasteiger partial charge in [-0.15, -0.1) is 0 Å². The van der Waals surface area contributed by atoms with E-state index in [4.69, 9.17) is 10.1 Å². The highest BCUT2D eigenvalue weighted by molar-refractivity contribution is 5.82. The van der Waals surface area contributed by atoms with E-state index in [1.807, 2.05) is 41.4 Å². The van der Waals surface area contributed by atoms with Gasteiger partial charge in [0.05, 0.1) is 18.3 Å². The third-order valence-corrected chi connectivity index (χ3v) is 6.43. The Morgan fingerprint density at radius 3 is 2.56 bits per heavy atom. The van der Waals surface area contributed by atoms with Gasteiger partial charge in [-0.2, -0.15) is 5.10 Å². The third kappa shape index (κ3) is 4.41. The summed E-state index contributed by atoms with van der Waals surface area (Å²) >= 11 is 0. The molecule has 3 aromatic rings. The SMILES string of the molecule is C=C(Nc1ccc(N2CCN(C(=O)CO)CC2)cc1)c1cnn2ccc(N3CCC(F)C3)nc12. The molecule has 1 aromatic carbocycles. The van der Waals surface area contributed by atoms with E-state index in [1.165, 1.54) is 0 Å². The number of aliphatic hydroxyl groups is 1. The molecule has 178 valence electrons. The monoisotopic (exact) mass is 465 g/mol. The first-order valence-electron chi connectivity index (χ1n) is 11.4. The topological polar surface area (TPSA) is 89.2 Å². The van der Waals surface area contributed by atoms with Crippen LogP contribution in [-0.2, 0) is 4.79 Å². The molecule has 1 amide bonds. The number of hydrogen-bond donors (Lipinski definition) is 2. The number of nitrogens with zero attached hydrogens (tertiary/aromatic N) is 6.